The third-order valence-corrected chi connectivity index (χ3v) is 4.27. The summed E-state index contributed by atoms with van der Waals surface area (Å²) in [5.41, 5.74) is 4.48. The lowest BCUT2D eigenvalue weighted by Crippen LogP contribution is -2.28. The molecule has 0 unspecified atom stereocenters. The van der Waals surface area contributed by atoms with Gasteiger partial charge in [0, 0.05) is 12.7 Å². The number of carbonyl (C=O) groups excluding carboxylic acids is 1. The molecule has 1 N–H and O–H groups in total. The number of nitrogens with one attached hydrogen (secondary N) is 1. The second-order valence-electron chi connectivity index (χ2n) is 6.16. The predicted octanol–water partition coefficient (Wildman–Crippen LogP) is 3.47. The van der Waals surface area contributed by atoms with E-state index >= 15 is 0 Å². The fourth-order valence-electron chi connectivity index (χ4n) is 2.88. The molecule has 0 fully saturated rings. The maximum atomic E-state index is 12.9. The lowest BCUT2D eigenvalue weighted by molar-refractivity contribution is 0.0937. The highest BCUT2D eigenvalue weighted by Gasteiger charge is 2.18. The Bertz CT molecular complexity index is 880. The van der Waals surface area contributed by atoms with Crippen molar-refractivity contribution in [1.29, 1.82) is 0 Å². The van der Waals surface area contributed by atoms with Gasteiger partial charge in [-0.25, -0.2) is 4.98 Å². The second-order valence-corrected chi connectivity index (χ2v) is 6.16. The number of fused-ring (bicyclic) bond motifs is 1. The number of aryl methyl sites for hydroxylation is 3. The highest BCUT2D eigenvalue weighted by Crippen LogP contribution is 2.21. The van der Waals surface area contributed by atoms with Crippen LogP contribution in [-0.4, -0.2) is 20.7 Å². The summed E-state index contributed by atoms with van der Waals surface area (Å²) in [6.45, 7) is 6.02. The number of nitrogens with zero attached hydrogens (tertiary/aromatic N) is 3. The minimum atomic E-state index is -0.0917. The average molecular weight is 322 g/mol. The van der Waals surface area contributed by atoms with Gasteiger partial charge < -0.3 is 5.32 Å². The van der Waals surface area contributed by atoms with E-state index in [0.29, 0.717) is 5.56 Å². The highest BCUT2D eigenvalue weighted by atomic mass is 16.1. The maximum absolute atomic E-state index is 12.9. The summed E-state index contributed by atoms with van der Waals surface area (Å²) in [7, 11) is 1.83. The van der Waals surface area contributed by atoms with Gasteiger partial charge in [0.15, 0.2) is 5.65 Å². The molecule has 0 bridgehead atoms. The topological polar surface area (TPSA) is 59.8 Å². The molecule has 2 aromatic heterocycles. The molecule has 0 saturated heterocycles. The number of benzene rings is 1. The van der Waals surface area contributed by atoms with Gasteiger partial charge in [-0.2, -0.15) is 5.10 Å². The lowest BCUT2D eigenvalue weighted by atomic mass is 10.0. The first kappa shape index (κ1) is 16.2. The van der Waals surface area contributed by atoms with Gasteiger partial charge in [0.1, 0.15) is 0 Å². The zero-order valence-corrected chi connectivity index (χ0v) is 14.5. The van der Waals surface area contributed by atoms with E-state index in [9.17, 15) is 4.79 Å². The first-order valence-corrected chi connectivity index (χ1v) is 8.16. The normalized spacial score (nSPS) is 12.3. The zero-order chi connectivity index (χ0) is 17.3. The van der Waals surface area contributed by atoms with Gasteiger partial charge in [0.2, 0.25) is 0 Å². The Kier molecular flexibility index (Phi) is 4.34. The van der Waals surface area contributed by atoms with Gasteiger partial charge in [0.05, 0.1) is 23.2 Å². The van der Waals surface area contributed by atoms with Crippen molar-refractivity contribution in [2.24, 2.45) is 7.05 Å². The number of carbonyl (C=O) groups is 1. The Morgan fingerprint density at radius 1 is 1.25 bits per heavy atom. The Morgan fingerprint density at radius 2 is 1.96 bits per heavy atom. The standard InChI is InChI=1S/C19H22N4O/c1-5-17(14-8-6-12(2)7-9-14)22-19(24)15-10-13(3)21-18-16(15)11-20-23(18)4/h6-11,17H,5H2,1-4H3,(H,22,24)/t17-/m0/s1. The summed E-state index contributed by atoms with van der Waals surface area (Å²) < 4.78 is 1.69. The van der Waals surface area contributed by atoms with E-state index in [0.717, 1.165) is 28.7 Å². The Labute approximate surface area is 141 Å². The van der Waals surface area contributed by atoms with Crippen LogP contribution < -0.4 is 5.32 Å². The average Bonchev–Trinajstić information content (AvgIpc) is 2.94. The van der Waals surface area contributed by atoms with Crippen LogP contribution in [0.3, 0.4) is 0 Å². The molecule has 2 heterocycles. The molecular weight excluding hydrogens is 300 g/mol. The molecule has 1 amide bonds. The number of hydrogen-bond donors (Lipinski definition) is 1. The zero-order valence-electron chi connectivity index (χ0n) is 14.5. The lowest BCUT2D eigenvalue weighted by Gasteiger charge is -2.18. The molecule has 3 rings (SSSR count). The van der Waals surface area contributed by atoms with Crippen molar-refractivity contribution < 1.29 is 4.79 Å². The van der Waals surface area contributed by atoms with Crippen LogP contribution in [0.1, 0.15) is 46.6 Å². The van der Waals surface area contributed by atoms with Crippen molar-refractivity contribution in [2.75, 3.05) is 0 Å². The van der Waals surface area contributed by atoms with E-state index in [2.05, 4.69) is 53.5 Å². The number of rotatable bonds is 4. The van der Waals surface area contributed by atoms with Gasteiger partial charge in [-0.15, -0.1) is 0 Å². The molecule has 0 aliphatic rings. The van der Waals surface area contributed by atoms with Crippen molar-refractivity contribution in [3.63, 3.8) is 0 Å². The number of aromatic nitrogens is 3. The fraction of sp³-hybridized carbons (Fsp3) is 0.316. The van der Waals surface area contributed by atoms with Crippen LogP contribution in [0.15, 0.2) is 36.5 Å². The summed E-state index contributed by atoms with van der Waals surface area (Å²) in [6.07, 6.45) is 2.53. The van der Waals surface area contributed by atoms with Gasteiger partial charge in [0.25, 0.3) is 5.91 Å². The summed E-state index contributed by atoms with van der Waals surface area (Å²) in [4.78, 5) is 17.3. The van der Waals surface area contributed by atoms with Crippen molar-refractivity contribution in [2.45, 2.75) is 33.2 Å². The second kappa shape index (κ2) is 6.43. The Balaban J connectivity index is 1.92. The Morgan fingerprint density at radius 3 is 2.62 bits per heavy atom. The monoisotopic (exact) mass is 322 g/mol. The quantitative estimate of drug-likeness (QED) is 0.800. The predicted molar refractivity (Wildman–Crippen MR) is 94.9 cm³/mol. The molecule has 5 nitrogen and oxygen atoms in total. The molecule has 1 aromatic carbocycles. The smallest absolute Gasteiger partial charge is 0.252 e. The van der Waals surface area contributed by atoms with E-state index in [4.69, 9.17) is 0 Å². The molecule has 3 aromatic rings. The van der Waals surface area contributed by atoms with E-state index in [-0.39, 0.29) is 11.9 Å². The van der Waals surface area contributed by atoms with E-state index in [1.54, 1.807) is 10.9 Å². The molecule has 124 valence electrons. The van der Waals surface area contributed by atoms with Crippen LogP contribution in [-0.2, 0) is 7.05 Å². The van der Waals surface area contributed by atoms with Crippen molar-refractivity contribution in [3.05, 3.63) is 58.9 Å². The molecule has 0 radical (unpaired) electrons. The van der Waals surface area contributed by atoms with Crippen LogP contribution in [0.5, 0.6) is 0 Å². The first-order chi connectivity index (χ1) is 11.5. The molecule has 0 spiro atoms. The van der Waals surface area contributed by atoms with Gasteiger partial charge >= 0.3 is 0 Å². The number of pyridine rings is 1. The minimum Gasteiger partial charge on any atom is -0.345 e. The van der Waals surface area contributed by atoms with Crippen LogP contribution >= 0.6 is 0 Å². The van der Waals surface area contributed by atoms with Crippen molar-refractivity contribution in [3.8, 4) is 0 Å². The molecular formula is C19H22N4O. The SMILES string of the molecule is CC[C@H](NC(=O)c1cc(C)nc2c1cnn2C)c1ccc(C)cc1. The molecule has 24 heavy (non-hydrogen) atoms. The third-order valence-electron chi connectivity index (χ3n) is 4.27. The van der Waals surface area contributed by atoms with Crippen LogP contribution in [0.4, 0.5) is 0 Å². The number of amides is 1. The molecule has 1 atom stereocenters. The molecule has 0 saturated carbocycles. The summed E-state index contributed by atoms with van der Waals surface area (Å²) >= 11 is 0. The third kappa shape index (κ3) is 3.02. The summed E-state index contributed by atoms with van der Waals surface area (Å²) in [5, 5.41) is 8.14. The molecule has 0 aliphatic carbocycles. The largest absolute Gasteiger partial charge is 0.345 e. The maximum Gasteiger partial charge on any atom is 0.252 e. The van der Waals surface area contributed by atoms with Crippen molar-refractivity contribution >= 4 is 16.9 Å². The van der Waals surface area contributed by atoms with Gasteiger partial charge in [-0.3, -0.25) is 9.48 Å². The van der Waals surface area contributed by atoms with Crippen LogP contribution in [0.25, 0.3) is 11.0 Å². The summed E-state index contributed by atoms with van der Waals surface area (Å²) in [5.74, 6) is -0.0917. The van der Waals surface area contributed by atoms with E-state index < -0.39 is 0 Å². The molecule has 5 heteroatoms. The molecule has 0 aliphatic heterocycles. The van der Waals surface area contributed by atoms with E-state index in [1.165, 1.54) is 5.56 Å². The van der Waals surface area contributed by atoms with Crippen LogP contribution in [0.2, 0.25) is 0 Å². The van der Waals surface area contributed by atoms with E-state index in [1.807, 2.05) is 20.0 Å². The Hall–Kier alpha value is -2.69. The van der Waals surface area contributed by atoms with Crippen molar-refractivity contribution in [1.82, 2.24) is 20.1 Å². The highest BCUT2D eigenvalue weighted by molar-refractivity contribution is 6.05. The van der Waals surface area contributed by atoms with Crippen LogP contribution in [0, 0.1) is 13.8 Å². The number of hydrogen-bond acceptors (Lipinski definition) is 3. The van der Waals surface area contributed by atoms with Gasteiger partial charge in [-0.1, -0.05) is 36.8 Å². The van der Waals surface area contributed by atoms with Gasteiger partial charge in [-0.05, 0) is 31.9 Å². The minimum absolute atomic E-state index is 0.0155. The first-order valence-electron chi connectivity index (χ1n) is 8.16. The summed E-state index contributed by atoms with van der Waals surface area (Å²) in [6, 6.07) is 10.1. The fourth-order valence-corrected chi connectivity index (χ4v) is 2.88.